The number of carbonyl (C=O) groups excluding carboxylic acids is 1. The summed E-state index contributed by atoms with van der Waals surface area (Å²) in [7, 11) is 3.37. The summed E-state index contributed by atoms with van der Waals surface area (Å²) in [5.74, 6) is 1.55. The third kappa shape index (κ3) is 11.0. The van der Waals surface area contributed by atoms with E-state index in [2.05, 4.69) is 20.9 Å². The highest BCUT2D eigenvalue weighted by atomic mass is 127. The van der Waals surface area contributed by atoms with Gasteiger partial charge in [-0.2, -0.15) is 0 Å². The predicted octanol–water partition coefficient (Wildman–Crippen LogP) is 2.55. The monoisotopic (exact) mass is 478 g/mol. The second kappa shape index (κ2) is 12.6. The van der Waals surface area contributed by atoms with E-state index in [-0.39, 0.29) is 24.0 Å². The van der Waals surface area contributed by atoms with E-state index in [4.69, 9.17) is 9.47 Å². The van der Waals surface area contributed by atoms with Gasteiger partial charge < -0.3 is 25.4 Å². The smallest absolute Gasteiger partial charge is 0.407 e. The van der Waals surface area contributed by atoms with Crippen LogP contribution in [0.3, 0.4) is 0 Å². The summed E-state index contributed by atoms with van der Waals surface area (Å²) in [6.07, 6.45) is 0.456. The van der Waals surface area contributed by atoms with Crippen molar-refractivity contribution in [2.45, 2.75) is 32.8 Å². The highest BCUT2D eigenvalue weighted by Crippen LogP contribution is 2.11. The first kappa shape index (κ1) is 24.3. The Morgan fingerprint density at radius 2 is 1.62 bits per heavy atom. The van der Waals surface area contributed by atoms with Gasteiger partial charge in [0.25, 0.3) is 0 Å². The van der Waals surface area contributed by atoms with Gasteiger partial charge in [-0.15, -0.1) is 24.0 Å². The van der Waals surface area contributed by atoms with E-state index in [1.807, 2.05) is 45.0 Å². The van der Waals surface area contributed by atoms with Crippen molar-refractivity contribution in [2.75, 3.05) is 33.8 Å². The van der Waals surface area contributed by atoms with Crippen LogP contribution in [0, 0.1) is 0 Å². The lowest BCUT2D eigenvalue weighted by atomic mass is 10.1. The van der Waals surface area contributed by atoms with Gasteiger partial charge in [0.2, 0.25) is 0 Å². The molecule has 0 aliphatic carbocycles. The number of nitrogens with zero attached hydrogens (tertiary/aromatic N) is 1. The van der Waals surface area contributed by atoms with E-state index in [9.17, 15) is 4.79 Å². The van der Waals surface area contributed by atoms with Gasteiger partial charge in [0.15, 0.2) is 5.96 Å². The van der Waals surface area contributed by atoms with Crippen molar-refractivity contribution in [1.29, 1.82) is 0 Å². The van der Waals surface area contributed by atoms with Crippen molar-refractivity contribution in [3.63, 3.8) is 0 Å². The number of aliphatic imine (C=N–C) groups is 1. The minimum absolute atomic E-state index is 0. The summed E-state index contributed by atoms with van der Waals surface area (Å²) in [6, 6.07) is 7.98. The molecule has 0 aliphatic rings. The molecule has 0 saturated carbocycles. The number of hydrogen-bond acceptors (Lipinski definition) is 4. The molecule has 8 heteroatoms. The first-order valence-electron chi connectivity index (χ1n) is 8.38. The van der Waals surface area contributed by atoms with Gasteiger partial charge in [-0.25, -0.2) is 4.79 Å². The number of ether oxygens (including phenoxy) is 2. The lowest BCUT2D eigenvalue weighted by molar-refractivity contribution is 0.0529. The molecule has 0 heterocycles. The second-order valence-corrected chi connectivity index (χ2v) is 6.45. The highest BCUT2D eigenvalue weighted by molar-refractivity contribution is 14.0. The van der Waals surface area contributed by atoms with Crippen molar-refractivity contribution in [3.8, 4) is 5.75 Å². The number of alkyl carbamates (subject to hydrolysis) is 1. The van der Waals surface area contributed by atoms with Crippen LogP contribution in [0.4, 0.5) is 4.79 Å². The van der Waals surface area contributed by atoms with Crippen LogP contribution in [0.2, 0.25) is 0 Å². The molecule has 1 amide bonds. The van der Waals surface area contributed by atoms with E-state index in [1.54, 1.807) is 14.2 Å². The molecule has 1 aromatic rings. The lowest BCUT2D eigenvalue weighted by Gasteiger charge is -2.19. The fourth-order valence-corrected chi connectivity index (χ4v) is 2.00. The van der Waals surface area contributed by atoms with Crippen LogP contribution in [0.25, 0.3) is 0 Å². The van der Waals surface area contributed by atoms with E-state index in [1.165, 1.54) is 5.56 Å². The zero-order valence-electron chi connectivity index (χ0n) is 16.2. The van der Waals surface area contributed by atoms with Gasteiger partial charge in [-0.1, -0.05) is 12.1 Å². The molecule has 148 valence electrons. The van der Waals surface area contributed by atoms with Crippen molar-refractivity contribution in [1.82, 2.24) is 16.0 Å². The Kier molecular flexibility index (Phi) is 11.8. The lowest BCUT2D eigenvalue weighted by Crippen LogP contribution is -2.42. The van der Waals surface area contributed by atoms with Crippen LogP contribution in [-0.4, -0.2) is 51.4 Å². The van der Waals surface area contributed by atoms with E-state index in [0.29, 0.717) is 19.0 Å². The molecule has 0 fully saturated rings. The van der Waals surface area contributed by atoms with E-state index >= 15 is 0 Å². The molecule has 26 heavy (non-hydrogen) atoms. The minimum atomic E-state index is -0.490. The van der Waals surface area contributed by atoms with Crippen molar-refractivity contribution in [2.24, 2.45) is 4.99 Å². The largest absolute Gasteiger partial charge is 0.497 e. The van der Waals surface area contributed by atoms with Gasteiger partial charge in [-0.3, -0.25) is 4.99 Å². The average Bonchev–Trinajstić information content (AvgIpc) is 2.56. The third-order valence-corrected chi connectivity index (χ3v) is 3.17. The molecule has 0 bridgehead atoms. The number of nitrogens with one attached hydrogen (secondary N) is 3. The number of halogens is 1. The Bertz CT molecular complexity index is 557. The fourth-order valence-electron chi connectivity index (χ4n) is 2.00. The molecule has 0 aliphatic heterocycles. The van der Waals surface area contributed by atoms with Crippen molar-refractivity contribution in [3.05, 3.63) is 29.8 Å². The molecule has 0 radical (unpaired) electrons. The standard InChI is InChI=1S/C18H30N4O3.HI/c1-18(2,3)25-17(23)22-13-12-21-16(19-4)20-11-10-14-6-8-15(24-5)9-7-14;/h6-9H,10-13H2,1-5H3,(H,22,23)(H2,19,20,21);1H. The van der Waals surface area contributed by atoms with Gasteiger partial charge in [0.05, 0.1) is 7.11 Å². The molecule has 1 aromatic carbocycles. The molecule has 0 saturated heterocycles. The molecule has 0 aromatic heterocycles. The van der Waals surface area contributed by atoms with Crippen LogP contribution in [0.1, 0.15) is 26.3 Å². The molecule has 0 spiro atoms. The number of benzene rings is 1. The maximum atomic E-state index is 11.5. The second-order valence-electron chi connectivity index (χ2n) is 6.45. The van der Waals surface area contributed by atoms with Crippen LogP contribution in [0.5, 0.6) is 5.75 Å². The normalized spacial score (nSPS) is 11.2. The molecular formula is C18H31IN4O3. The Morgan fingerprint density at radius 1 is 1.04 bits per heavy atom. The van der Waals surface area contributed by atoms with Crippen LogP contribution < -0.4 is 20.7 Å². The van der Waals surface area contributed by atoms with Crippen LogP contribution >= 0.6 is 24.0 Å². The quantitative estimate of drug-likeness (QED) is 0.243. The SMILES string of the molecule is CN=C(NCCNC(=O)OC(C)(C)C)NCCc1ccc(OC)cc1.I. The number of guanidine groups is 1. The third-order valence-electron chi connectivity index (χ3n) is 3.17. The number of rotatable bonds is 7. The van der Waals surface area contributed by atoms with Crippen LogP contribution in [-0.2, 0) is 11.2 Å². The maximum absolute atomic E-state index is 11.5. The maximum Gasteiger partial charge on any atom is 0.407 e. The van der Waals surface area contributed by atoms with Gasteiger partial charge in [-0.05, 0) is 44.9 Å². The Morgan fingerprint density at radius 3 is 2.15 bits per heavy atom. The zero-order valence-corrected chi connectivity index (χ0v) is 18.5. The fraction of sp³-hybridized carbons (Fsp3) is 0.556. The molecule has 7 nitrogen and oxygen atoms in total. The highest BCUT2D eigenvalue weighted by Gasteiger charge is 2.15. The number of hydrogen-bond donors (Lipinski definition) is 3. The summed E-state index contributed by atoms with van der Waals surface area (Å²) in [5.41, 5.74) is 0.728. The average molecular weight is 478 g/mol. The Hall–Kier alpha value is -1.71. The minimum Gasteiger partial charge on any atom is -0.497 e. The van der Waals surface area contributed by atoms with E-state index < -0.39 is 11.7 Å². The van der Waals surface area contributed by atoms with Crippen molar-refractivity contribution < 1.29 is 14.3 Å². The van der Waals surface area contributed by atoms with Gasteiger partial charge >= 0.3 is 6.09 Å². The molecule has 1 rings (SSSR count). The summed E-state index contributed by atoms with van der Waals surface area (Å²) >= 11 is 0. The summed E-state index contributed by atoms with van der Waals surface area (Å²) < 4.78 is 10.3. The Labute approximate surface area is 173 Å². The molecular weight excluding hydrogens is 447 g/mol. The van der Waals surface area contributed by atoms with Crippen molar-refractivity contribution >= 4 is 36.0 Å². The summed E-state index contributed by atoms with van der Waals surface area (Å²) in [6.45, 7) is 7.26. The molecule has 0 atom stereocenters. The first-order chi connectivity index (χ1) is 11.8. The summed E-state index contributed by atoms with van der Waals surface area (Å²) in [5, 5.41) is 9.07. The van der Waals surface area contributed by atoms with E-state index in [0.717, 1.165) is 18.7 Å². The topological polar surface area (TPSA) is 84.0 Å². The van der Waals surface area contributed by atoms with Crippen LogP contribution in [0.15, 0.2) is 29.3 Å². The Balaban J connectivity index is 0.00000625. The zero-order chi connectivity index (χ0) is 18.7. The number of amides is 1. The van der Waals surface area contributed by atoms with Gasteiger partial charge in [0.1, 0.15) is 11.4 Å². The molecule has 3 N–H and O–H groups in total. The number of carbonyl (C=O) groups is 1. The number of methoxy groups -OCH3 is 1. The van der Waals surface area contributed by atoms with Gasteiger partial charge in [0, 0.05) is 26.7 Å². The molecule has 0 unspecified atom stereocenters. The summed E-state index contributed by atoms with van der Waals surface area (Å²) in [4.78, 5) is 15.7. The first-order valence-corrected chi connectivity index (χ1v) is 8.38. The predicted molar refractivity (Wildman–Crippen MR) is 116 cm³/mol.